The van der Waals surface area contributed by atoms with Crippen molar-refractivity contribution in [2.24, 2.45) is 0 Å². The third kappa shape index (κ3) is 3.17. The van der Waals surface area contributed by atoms with Gasteiger partial charge in [0.15, 0.2) is 11.5 Å². The van der Waals surface area contributed by atoms with Gasteiger partial charge in [0.2, 0.25) is 0 Å². The number of rotatable bonds is 3. The molecular weight excluding hydrogens is 398 g/mol. The molecule has 3 aliphatic heterocycles. The summed E-state index contributed by atoms with van der Waals surface area (Å²) in [7, 11) is 0. The van der Waals surface area contributed by atoms with Crippen molar-refractivity contribution in [2.75, 3.05) is 13.2 Å². The maximum Gasteiger partial charge on any atom is 0.163 e. The van der Waals surface area contributed by atoms with Gasteiger partial charge >= 0.3 is 0 Å². The zero-order valence-corrected chi connectivity index (χ0v) is 18.1. The van der Waals surface area contributed by atoms with E-state index in [1.54, 1.807) is 0 Å². The van der Waals surface area contributed by atoms with Gasteiger partial charge in [-0.15, -0.1) is 10.2 Å². The molecule has 6 rings (SSSR count). The zero-order chi connectivity index (χ0) is 21.7. The van der Waals surface area contributed by atoms with Gasteiger partial charge in [0, 0.05) is 35.3 Å². The molecule has 0 aliphatic carbocycles. The first-order valence-electron chi connectivity index (χ1n) is 10.9. The summed E-state index contributed by atoms with van der Waals surface area (Å²) in [6.45, 7) is 6.06. The van der Waals surface area contributed by atoms with Gasteiger partial charge in [-0.25, -0.2) is 0 Å². The van der Waals surface area contributed by atoms with E-state index in [-0.39, 0.29) is 0 Å². The molecule has 0 unspecified atom stereocenters. The minimum absolute atomic E-state index is 0.555. The van der Waals surface area contributed by atoms with Crippen LogP contribution in [-0.4, -0.2) is 28.0 Å². The second-order valence-corrected chi connectivity index (χ2v) is 8.43. The van der Waals surface area contributed by atoms with E-state index < -0.39 is 0 Å². The lowest BCUT2D eigenvalue weighted by molar-refractivity contribution is 0.172. The molecule has 32 heavy (non-hydrogen) atoms. The quantitative estimate of drug-likeness (QED) is 0.378. The fourth-order valence-electron chi connectivity index (χ4n) is 4.32. The number of benzene rings is 3. The van der Waals surface area contributed by atoms with E-state index >= 15 is 0 Å². The Morgan fingerprint density at radius 2 is 1.41 bits per heavy atom. The van der Waals surface area contributed by atoms with Crippen molar-refractivity contribution >= 4 is 10.9 Å². The fourth-order valence-corrected chi connectivity index (χ4v) is 4.32. The van der Waals surface area contributed by atoms with E-state index in [1.165, 1.54) is 16.7 Å². The van der Waals surface area contributed by atoms with Crippen LogP contribution in [0, 0.1) is 13.8 Å². The minimum Gasteiger partial charge on any atom is -0.486 e. The third-order valence-corrected chi connectivity index (χ3v) is 6.07. The van der Waals surface area contributed by atoms with E-state index in [0.29, 0.717) is 13.2 Å². The van der Waals surface area contributed by atoms with E-state index in [1.807, 2.05) is 6.07 Å². The molecular formula is C27H23N3O2. The Morgan fingerprint density at radius 3 is 2.12 bits per heavy atom. The third-order valence-electron chi connectivity index (χ3n) is 6.07. The van der Waals surface area contributed by atoms with E-state index in [2.05, 4.69) is 89.4 Å². The Labute approximate surface area is 186 Å². The molecule has 5 heteroatoms. The highest BCUT2D eigenvalue weighted by atomic mass is 16.6. The Hall–Kier alpha value is -3.86. The van der Waals surface area contributed by atoms with Crippen molar-refractivity contribution in [1.82, 2.24) is 14.8 Å². The molecule has 3 heterocycles. The highest BCUT2D eigenvalue weighted by molar-refractivity contribution is 5.99. The van der Waals surface area contributed by atoms with Gasteiger partial charge in [-0.1, -0.05) is 59.7 Å². The van der Waals surface area contributed by atoms with Crippen molar-refractivity contribution in [3.63, 3.8) is 0 Å². The largest absolute Gasteiger partial charge is 0.486 e. The summed E-state index contributed by atoms with van der Waals surface area (Å²) in [4.78, 5) is 0. The summed E-state index contributed by atoms with van der Waals surface area (Å²) in [6, 6.07) is 21.2. The van der Waals surface area contributed by atoms with Crippen LogP contribution in [0.4, 0.5) is 0 Å². The number of aryl methyl sites for hydroxylation is 2. The summed E-state index contributed by atoms with van der Waals surface area (Å²) in [5.41, 5.74) is 8.65. The van der Waals surface area contributed by atoms with Crippen LogP contribution in [0.1, 0.15) is 16.7 Å². The molecule has 0 spiro atoms. The van der Waals surface area contributed by atoms with Crippen LogP contribution in [0.25, 0.3) is 33.4 Å². The summed E-state index contributed by atoms with van der Waals surface area (Å²) < 4.78 is 14.0. The fraction of sp³-hybridized carbons (Fsp3) is 0.185. The molecule has 0 amide bonds. The van der Waals surface area contributed by atoms with Crippen molar-refractivity contribution in [1.29, 1.82) is 0 Å². The van der Waals surface area contributed by atoms with Crippen molar-refractivity contribution in [3.8, 4) is 34.0 Å². The highest BCUT2D eigenvalue weighted by Crippen LogP contribution is 2.41. The molecule has 3 aliphatic rings. The average molecular weight is 422 g/mol. The monoisotopic (exact) mass is 421 g/mol. The topological polar surface area (TPSA) is 49.2 Å². The molecule has 0 N–H and O–H groups in total. The predicted octanol–water partition coefficient (Wildman–Crippen LogP) is 5.64. The predicted molar refractivity (Wildman–Crippen MR) is 126 cm³/mol. The molecule has 5 nitrogen and oxygen atoms in total. The van der Waals surface area contributed by atoms with E-state index in [4.69, 9.17) is 9.47 Å². The standard InChI is InChI=1S/C27H23N3O2/c1-17-3-7-19(8-4-17)15-30-16-22-26(20-9-5-18(2)6-10-20)28-29-27(22)21-13-24-25(14-23(21)30)32-12-11-31-24/h3-10,13-14,16H,11-12,15H2,1-2H3. The number of hydrogen-bond acceptors (Lipinski definition) is 4. The Morgan fingerprint density at radius 1 is 0.781 bits per heavy atom. The summed E-state index contributed by atoms with van der Waals surface area (Å²) in [6.07, 6.45) is 2.17. The van der Waals surface area contributed by atoms with Crippen LogP contribution < -0.4 is 9.47 Å². The number of fused-ring (bicyclic) bond motifs is 4. The van der Waals surface area contributed by atoms with Gasteiger partial charge in [0.05, 0.1) is 5.52 Å². The highest BCUT2D eigenvalue weighted by Gasteiger charge is 2.23. The molecule has 0 radical (unpaired) electrons. The number of pyridine rings is 1. The lowest BCUT2D eigenvalue weighted by atomic mass is 10.0. The smallest absolute Gasteiger partial charge is 0.163 e. The Bertz CT molecular complexity index is 1400. The van der Waals surface area contributed by atoms with Crippen LogP contribution >= 0.6 is 0 Å². The average Bonchev–Trinajstić information content (AvgIpc) is 3.24. The number of ether oxygens (including phenoxy) is 2. The summed E-state index contributed by atoms with van der Waals surface area (Å²) in [5.74, 6) is 1.54. The first-order valence-corrected chi connectivity index (χ1v) is 10.9. The van der Waals surface area contributed by atoms with Gasteiger partial charge in [-0.05, 0) is 25.5 Å². The van der Waals surface area contributed by atoms with Crippen LogP contribution in [0.5, 0.6) is 11.5 Å². The van der Waals surface area contributed by atoms with Crippen molar-refractivity contribution in [3.05, 3.63) is 83.6 Å². The molecule has 0 atom stereocenters. The molecule has 3 aromatic rings. The van der Waals surface area contributed by atoms with Gasteiger partial charge < -0.3 is 14.0 Å². The van der Waals surface area contributed by atoms with Crippen LogP contribution in [0.3, 0.4) is 0 Å². The summed E-state index contributed by atoms with van der Waals surface area (Å²) >= 11 is 0. The maximum atomic E-state index is 5.88. The molecule has 0 saturated carbocycles. The van der Waals surface area contributed by atoms with E-state index in [0.717, 1.165) is 51.5 Å². The van der Waals surface area contributed by atoms with Crippen LogP contribution in [0.2, 0.25) is 0 Å². The van der Waals surface area contributed by atoms with Crippen molar-refractivity contribution in [2.45, 2.75) is 20.4 Å². The number of hydrogen-bond donors (Lipinski definition) is 0. The zero-order valence-electron chi connectivity index (χ0n) is 18.1. The van der Waals surface area contributed by atoms with Gasteiger partial charge in [-0.2, -0.15) is 0 Å². The van der Waals surface area contributed by atoms with E-state index in [9.17, 15) is 0 Å². The van der Waals surface area contributed by atoms with Crippen molar-refractivity contribution < 1.29 is 9.47 Å². The number of nitrogens with zero attached hydrogens (tertiary/aromatic N) is 3. The molecule has 0 aromatic heterocycles. The maximum absolute atomic E-state index is 5.88. The van der Waals surface area contributed by atoms with Gasteiger partial charge in [-0.3, -0.25) is 0 Å². The van der Waals surface area contributed by atoms with Gasteiger partial charge in [0.25, 0.3) is 0 Å². The Kier molecular flexibility index (Phi) is 4.35. The van der Waals surface area contributed by atoms with Crippen LogP contribution in [0.15, 0.2) is 66.9 Å². The Balaban J connectivity index is 1.58. The second kappa shape index (κ2) is 7.38. The first kappa shape index (κ1) is 18.9. The SMILES string of the molecule is Cc1ccc(Cn2cc3c(-c4ccc(C)cc4)nnc-3c3cc4c(cc32)OCCO4)cc1. The minimum atomic E-state index is 0.555. The molecule has 0 saturated heterocycles. The summed E-state index contributed by atoms with van der Waals surface area (Å²) in [5, 5.41) is 10.2. The number of aromatic nitrogens is 3. The molecule has 158 valence electrons. The van der Waals surface area contributed by atoms with Gasteiger partial charge in [0.1, 0.15) is 24.6 Å². The second-order valence-electron chi connectivity index (χ2n) is 8.43. The molecule has 0 bridgehead atoms. The molecule has 3 aromatic carbocycles. The normalized spacial score (nSPS) is 13.1. The van der Waals surface area contributed by atoms with Crippen LogP contribution in [-0.2, 0) is 6.54 Å². The lowest BCUT2D eigenvalue weighted by Crippen LogP contribution is -2.15. The lowest BCUT2D eigenvalue weighted by Gasteiger charge is -2.21. The first-order chi connectivity index (χ1) is 15.7. The molecule has 0 fully saturated rings.